The van der Waals surface area contributed by atoms with E-state index in [2.05, 4.69) is 4.90 Å². The number of carboxylic acids is 1. The fourth-order valence-electron chi connectivity index (χ4n) is 3.13. The van der Waals surface area contributed by atoms with Gasteiger partial charge in [0.1, 0.15) is 0 Å². The second kappa shape index (κ2) is 6.20. The molecule has 0 amide bonds. The predicted molar refractivity (Wildman–Crippen MR) is 71.2 cm³/mol. The van der Waals surface area contributed by atoms with E-state index < -0.39 is 5.97 Å². The monoisotopic (exact) mass is 271 g/mol. The smallest absolute Gasteiger partial charge is 0.307 e. The maximum atomic E-state index is 10.9. The molecule has 0 aromatic rings. The molecule has 0 aliphatic carbocycles. The summed E-state index contributed by atoms with van der Waals surface area (Å²) in [6.45, 7) is 4.70. The molecule has 2 heterocycles. The van der Waals surface area contributed by atoms with Gasteiger partial charge in [-0.1, -0.05) is 6.92 Å². The minimum absolute atomic E-state index is 0.0259. The Balaban J connectivity index is 1.91. The zero-order valence-electron chi connectivity index (χ0n) is 11.9. The van der Waals surface area contributed by atoms with Gasteiger partial charge in [-0.25, -0.2) is 0 Å². The number of carbonyl (C=O) groups is 1. The number of carboxylic acid groups (broad SMARTS) is 1. The fourth-order valence-corrected chi connectivity index (χ4v) is 3.13. The van der Waals surface area contributed by atoms with Gasteiger partial charge in [-0.05, 0) is 32.7 Å². The third-order valence-electron chi connectivity index (χ3n) is 4.48. The Morgan fingerprint density at radius 3 is 2.74 bits per heavy atom. The highest BCUT2D eigenvalue weighted by atomic mass is 16.5. The van der Waals surface area contributed by atoms with E-state index in [0.29, 0.717) is 12.6 Å². The van der Waals surface area contributed by atoms with E-state index in [1.54, 1.807) is 6.92 Å². The van der Waals surface area contributed by atoms with E-state index in [1.165, 1.54) is 0 Å². The van der Waals surface area contributed by atoms with Crippen LogP contribution in [0.15, 0.2) is 0 Å². The Morgan fingerprint density at radius 2 is 2.11 bits per heavy atom. The third-order valence-corrected chi connectivity index (χ3v) is 4.48. The summed E-state index contributed by atoms with van der Waals surface area (Å²) >= 11 is 0. The van der Waals surface area contributed by atoms with Crippen LogP contribution in [0.3, 0.4) is 0 Å². The lowest BCUT2D eigenvalue weighted by Gasteiger charge is -2.45. The van der Waals surface area contributed by atoms with Crippen molar-refractivity contribution < 1.29 is 19.4 Å². The van der Waals surface area contributed by atoms with Crippen LogP contribution < -0.4 is 0 Å². The molecule has 5 nitrogen and oxygen atoms in total. The molecule has 19 heavy (non-hydrogen) atoms. The summed E-state index contributed by atoms with van der Waals surface area (Å²) in [4.78, 5) is 13.1. The van der Waals surface area contributed by atoms with Crippen molar-refractivity contribution in [3.05, 3.63) is 0 Å². The highest BCUT2D eigenvalue weighted by Crippen LogP contribution is 2.35. The Labute approximate surface area is 114 Å². The zero-order valence-corrected chi connectivity index (χ0v) is 11.9. The second-order valence-electron chi connectivity index (χ2n) is 5.97. The van der Waals surface area contributed by atoms with Crippen molar-refractivity contribution in [2.24, 2.45) is 5.92 Å². The van der Waals surface area contributed by atoms with Crippen LogP contribution in [-0.2, 0) is 14.3 Å². The van der Waals surface area contributed by atoms with Crippen LogP contribution in [0.25, 0.3) is 0 Å². The first-order chi connectivity index (χ1) is 9.02. The summed E-state index contributed by atoms with van der Waals surface area (Å²) in [7, 11) is 2.03. The van der Waals surface area contributed by atoms with E-state index in [-0.39, 0.29) is 11.5 Å². The van der Waals surface area contributed by atoms with E-state index in [9.17, 15) is 4.79 Å². The molecule has 2 unspecified atom stereocenters. The molecule has 5 heteroatoms. The molecule has 2 saturated heterocycles. The largest absolute Gasteiger partial charge is 0.481 e. The van der Waals surface area contributed by atoms with Crippen molar-refractivity contribution in [1.29, 1.82) is 0 Å². The molecule has 2 atom stereocenters. The van der Waals surface area contributed by atoms with Crippen LogP contribution >= 0.6 is 0 Å². The number of hydrogen-bond acceptors (Lipinski definition) is 4. The van der Waals surface area contributed by atoms with Gasteiger partial charge in [0.15, 0.2) is 0 Å². The number of rotatable bonds is 4. The Kier molecular flexibility index (Phi) is 4.81. The van der Waals surface area contributed by atoms with E-state index >= 15 is 0 Å². The lowest BCUT2D eigenvalue weighted by molar-refractivity contribution is -0.152. The number of ether oxygens (including phenoxy) is 2. The first-order valence-corrected chi connectivity index (χ1v) is 7.17. The van der Waals surface area contributed by atoms with Crippen molar-refractivity contribution in [3.8, 4) is 0 Å². The van der Waals surface area contributed by atoms with Crippen molar-refractivity contribution in [1.82, 2.24) is 4.90 Å². The topological polar surface area (TPSA) is 59.0 Å². The SMILES string of the molecule is CC(CN(C)C1CCOC2(CCOCC2)C1)C(=O)O. The molecule has 1 N–H and O–H groups in total. The van der Waals surface area contributed by atoms with E-state index in [4.69, 9.17) is 14.6 Å². The van der Waals surface area contributed by atoms with Crippen LogP contribution in [0.4, 0.5) is 0 Å². The lowest BCUT2D eigenvalue weighted by atomic mass is 9.83. The molecule has 0 radical (unpaired) electrons. The summed E-state index contributed by atoms with van der Waals surface area (Å²) < 4.78 is 11.4. The Bertz CT molecular complexity index is 309. The lowest BCUT2D eigenvalue weighted by Crippen LogP contribution is -2.51. The Hall–Kier alpha value is -0.650. The first-order valence-electron chi connectivity index (χ1n) is 7.17. The van der Waals surface area contributed by atoms with Gasteiger partial charge in [-0.3, -0.25) is 4.79 Å². The average molecular weight is 271 g/mol. The molecule has 2 aliphatic heterocycles. The summed E-state index contributed by atoms with van der Waals surface area (Å²) in [5, 5.41) is 9.00. The summed E-state index contributed by atoms with van der Waals surface area (Å²) in [6, 6.07) is 0.425. The Morgan fingerprint density at radius 1 is 1.42 bits per heavy atom. The maximum Gasteiger partial charge on any atom is 0.307 e. The van der Waals surface area contributed by atoms with Crippen molar-refractivity contribution >= 4 is 5.97 Å². The molecule has 110 valence electrons. The molecule has 2 fully saturated rings. The van der Waals surface area contributed by atoms with Crippen molar-refractivity contribution in [3.63, 3.8) is 0 Å². The van der Waals surface area contributed by atoms with Crippen LogP contribution in [0.5, 0.6) is 0 Å². The summed E-state index contributed by atoms with van der Waals surface area (Å²) in [5.74, 6) is -1.04. The van der Waals surface area contributed by atoms with Crippen molar-refractivity contribution in [2.45, 2.75) is 44.2 Å². The number of nitrogens with zero attached hydrogens (tertiary/aromatic N) is 1. The predicted octanol–water partition coefficient (Wildman–Crippen LogP) is 1.37. The van der Waals surface area contributed by atoms with Crippen LogP contribution in [-0.4, -0.2) is 61.0 Å². The van der Waals surface area contributed by atoms with Crippen LogP contribution in [0.2, 0.25) is 0 Å². The summed E-state index contributed by atoms with van der Waals surface area (Å²) in [6.07, 6.45) is 3.92. The maximum absolute atomic E-state index is 10.9. The minimum atomic E-state index is -0.723. The van der Waals surface area contributed by atoms with E-state index in [0.717, 1.165) is 45.5 Å². The average Bonchev–Trinajstić information content (AvgIpc) is 2.39. The zero-order chi connectivity index (χ0) is 13.9. The molecule has 0 aromatic carbocycles. The first kappa shape index (κ1) is 14.8. The molecular formula is C14H25NO4. The van der Waals surface area contributed by atoms with Gasteiger partial charge < -0.3 is 19.5 Å². The number of hydrogen-bond donors (Lipinski definition) is 1. The van der Waals surface area contributed by atoms with Gasteiger partial charge in [-0.2, -0.15) is 0 Å². The highest BCUT2D eigenvalue weighted by Gasteiger charge is 2.40. The second-order valence-corrected chi connectivity index (χ2v) is 5.97. The van der Waals surface area contributed by atoms with Gasteiger partial charge in [0.05, 0.1) is 11.5 Å². The van der Waals surface area contributed by atoms with Crippen LogP contribution in [0.1, 0.15) is 32.6 Å². The number of aliphatic carboxylic acids is 1. The standard InChI is InChI=1S/C14H25NO4/c1-11(13(16)17)10-15(2)12-3-6-19-14(9-12)4-7-18-8-5-14/h11-12H,3-10H2,1-2H3,(H,16,17). The quantitative estimate of drug-likeness (QED) is 0.837. The molecule has 0 bridgehead atoms. The fraction of sp³-hybridized carbons (Fsp3) is 0.929. The van der Waals surface area contributed by atoms with E-state index in [1.807, 2.05) is 7.05 Å². The molecule has 1 spiro atoms. The van der Waals surface area contributed by atoms with Gasteiger partial charge in [-0.15, -0.1) is 0 Å². The van der Waals surface area contributed by atoms with Gasteiger partial charge in [0.2, 0.25) is 0 Å². The summed E-state index contributed by atoms with van der Waals surface area (Å²) in [5.41, 5.74) is -0.0259. The molecule has 2 aliphatic rings. The molecular weight excluding hydrogens is 246 g/mol. The van der Waals surface area contributed by atoms with Crippen molar-refractivity contribution in [2.75, 3.05) is 33.4 Å². The third kappa shape index (κ3) is 3.68. The van der Waals surface area contributed by atoms with Gasteiger partial charge >= 0.3 is 5.97 Å². The highest BCUT2D eigenvalue weighted by molar-refractivity contribution is 5.69. The van der Waals surface area contributed by atoms with Gasteiger partial charge in [0, 0.05) is 32.4 Å². The molecule has 2 rings (SSSR count). The minimum Gasteiger partial charge on any atom is -0.481 e. The van der Waals surface area contributed by atoms with Crippen LogP contribution in [0, 0.1) is 5.92 Å². The van der Waals surface area contributed by atoms with Gasteiger partial charge in [0.25, 0.3) is 0 Å². The normalized spacial score (nSPS) is 28.5. The molecule has 0 aromatic heterocycles. The molecule has 0 saturated carbocycles.